The molecule has 2 aromatic heterocycles. The number of hydrogen-bond acceptors (Lipinski definition) is 6. The van der Waals surface area contributed by atoms with Gasteiger partial charge in [0.2, 0.25) is 11.9 Å². The fourth-order valence-corrected chi connectivity index (χ4v) is 2.16. The molecule has 0 saturated heterocycles. The number of rotatable bonds is 3. The molecule has 0 spiro atoms. The number of aromatic nitrogens is 5. The lowest BCUT2D eigenvalue weighted by atomic mass is 10.3. The van der Waals surface area contributed by atoms with Crippen molar-refractivity contribution < 1.29 is 0 Å². The molecule has 0 saturated carbocycles. The summed E-state index contributed by atoms with van der Waals surface area (Å²) >= 11 is 2.24. The Hall–Kier alpha value is -2.23. The third kappa shape index (κ3) is 2.85. The predicted octanol–water partition coefficient (Wildman–Crippen LogP) is 1.99. The minimum atomic E-state index is 0.138. The van der Waals surface area contributed by atoms with Gasteiger partial charge in [-0.25, -0.2) is 4.68 Å². The van der Waals surface area contributed by atoms with Crippen LogP contribution in [0.5, 0.6) is 0 Å². The highest BCUT2D eigenvalue weighted by Gasteiger charge is 2.07. The molecule has 0 atom stereocenters. The maximum absolute atomic E-state index is 5.70. The van der Waals surface area contributed by atoms with Gasteiger partial charge in [-0.1, -0.05) is 6.07 Å². The first kappa shape index (κ1) is 12.8. The van der Waals surface area contributed by atoms with Crippen molar-refractivity contribution in [2.45, 2.75) is 0 Å². The van der Waals surface area contributed by atoms with Gasteiger partial charge < -0.3 is 11.1 Å². The van der Waals surface area contributed by atoms with Crippen LogP contribution in [-0.2, 0) is 0 Å². The topological polar surface area (TPSA) is 94.5 Å². The maximum atomic E-state index is 5.70. The molecule has 3 N–H and O–H groups in total. The van der Waals surface area contributed by atoms with Gasteiger partial charge in [0.1, 0.15) is 0 Å². The fraction of sp³-hybridized carbons (Fsp3) is 0. The molecule has 0 aliphatic heterocycles. The normalized spacial score (nSPS) is 10.4. The summed E-state index contributed by atoms with van der Waals surface area (Å²) in [5.41, 5.74) is 6.59. The fourth-order valence-electron chi connectivity index (χ4n) is 1.62. The van der Waals surface area contributed by atoms with Gasteiger partial charge in [-0.15, -0.1) is 0 Å². The Morgan fingerprint density at radius 1 is 1.15 bits per heavy atom. The molecule has 100 valence electrons. The van der Waals surface area contributed by atoms with Crippen molar-refractivity contribution >= 4 is 40.2 Å². The smallest absolute Gasteiger partial charge is 0.257 e. The molecule has 7 nitrogen and oxygen atoms in total. The second kappa shape index (κ2) is 5.41. The number of nitrogens with zero attached hydrogens (tertiary/aromatic N) is 5. The molecule has 20 heavy (non-hydrogen) atoms. The zero-order valence-electron chi connectivity index (χ0n) is 10.2. The summed E-state index contributed by atoms with van der Waals surface area (Å²) < 4.78 is 2.64. The van der Waals surface area contributed by atoms with Crippen LogP contribution >= 0.6 is 22.6 Å². The van der Waals surface area contributed by atoms with E-state index in [4.69, 9.17) is 5.73 Å². The van der Waals surface area contributed by atoms with E-state index in [1.165, 1.54) is 4.68 Å². The zero-order chi connectivity index (χ0) is 13.9. The molecule has 0 aliphatic carbocycles. The lowest BCUT2D eigenvalue weighted by Gasteiger charge is -2.07. The van der Waals surface area contributed by atoms with Crippen LogP contribution in [0.4, 0.5) is 17.6 Å². The second-order valence-corrected chi connectivity index (χ2v) is 5.15. The van der Waals surface area contributed by atoms with Crippen LogP contribution in [-0.4, -0.2) is 24.7 Å². The van der Waals surface area contributed by atoms with Gasteiger partial charge in [0.05, 0.1) is 0 Å². The van der Waals surface area contributed by atoms with Crippen molar-refractivity contribution in [2.75, 3.05) is 11.1 Å². The third-order valence-corrected chi connectivity index (χ3v) is 3.10. The average Bonchev–Trinajstić information content (AvgIpc) is 2.91. The van der Waals surface area contributed by atoms with Gasteiger partial charge in [-0.05, 0) is 46.9 Å². The average molecular weight is 379 g/mol. The van der Waals surface area contributed by atoms with Crippen molar-refractivity contribution in [1.82, 2.24) is 24.7 Å². The first-order valence-electron chi connectivity index (χ1n) is 5.75. The summed E-state index contributed by atoms with van der Waals surface area (Å²) in [4.78, 5) is 12.4. The quantitative estimate of drug-likeness (QED) is 0.676. The number of nitrogen functional groups attached to an aromatic ring is 1. The van der Waals surface area contributed by atoms with Crippen LogP contribution in [0.2, 0.25) is 0 Å². The van der Waals surface area contributed by atoms with Crippen molar-refractivity contribution in [3.63, 3.8) is 0 Å². The van der Waals surface area contributed by atoms with Gasteiger partial charge in [-0.3, -0.25) is 0 Å². The second-order valence-electron chi connectivity index (χ2n) is 3.90. The minimum Gasteiger partial charge on any atom is -0.368 e. The number of hydrogen-bond donors (Lipinski definition) is 2. The molecule has 0 amide bonds. The molecular formula is C12H10IN7. The molecule has 1 aromatic carbocycles. The van der Waals surface area contributed by atoms with Gasteiger partial charge in [0.25, 0.3) is 5.95 Å². The van der Waals surface area contributed by atoms with E-state index in [9.17, 15) is 0 Å². The Labute approximate surface area is 128 Å². The lowest BCUT2D eigenvalue weighted by Crippen LogP contribution is -2.09. The summed E-state index contributed by atoms with van der Waals surface area (Å²) in [5.74, 6) is 0.888. The van der Waals surface area contributed by atoms with Gasteiger partial charge in [0, 0.05) is 21.7 Å². The Morgan fingerprint density at radius 3 is 2.80 bits per heavy atom. The highest BCUT2D eigenvalue weighted by Crippen LogP contribution is 2.17. The molecule has 3 aromatic rings. The maximum Gasteiger partial charge on any atom is 0.257 e. The predicted molar refractivity (Wildman–Crippen MR) is 83.8 cm³/mol. The summed E-state index contributed by atoms with van der Waals surface area (Å²) in [7, 11) is 0. The van der Waals surface area contributed by atoms with E-state index in [0.717, 1.165) is 9.26 Å². The van der Waals surface area contributed by atoms with Crippen LogP contribution < -0.4 is 11.1 Å². The number of nitrogens with two attached hydrogens (primary N) is 1. The van der Waals surface area contributed by atoms with E-state index >= 15 is 0 Å². The molecule has 2 heterocycles. The van der Waals surface area contributed by atoms with E-state index in [1.54, 1.807) is 18.5 Å². The Bertz CT molecular complexity index is 726. The van der Waals surface area contributed by atoms with Crippen molar-refractivity contribution in [3.8, 4) is 5.95 Å². The van der Waals surface area contributed by atoms with Crippen LogP contribution in [0.25, 0.3) is 5.95 Å². The summed E-state index contributed by atoms with van der Waals surface area (Å²) in [5, 5.41) is 7.17. The molecule has 0 radical (unpaired) electrons. The molecule has 0 bridgehead atoms. The minimum absolute atomic E-state index is 0.138. The SMILES string of the molecule is Nc1nc(Nc2cccc(I)c2)nc(-n2cccn2)n1. The van der Waals surface area contributed by atoms with Crippen molar-refractivity contribution in [2.24, 2.45) is 0 Å². The number of anilines is 3. The standard InChI is InChI=1S/C12H10IN7/c13-8-3-1-4-9(7-8)16-11-17-10(14)18-12(19-11)20-6-2-5-15-20/h1-7H,(H3,14,16,17,18,19). The Morgan fingerprint density at radius 2 is 2.05 bits per heavy atom. The summed E-state index contributed by atoms with van der Waals surface area (Å²) in [6.45, 7) is 0. The van der Waals surface area contributed by atoms with Gasteiger partial charge in [-0.2, -0.15) is 20.1 Å². The first-order chi connectivity index (χ1) is 9.70. The number of benzene rings is 1. The number of halogens is 1. The molecule has 0 fully saturated rings. The van der Waals surface area contributed by atoms with E-state index in [0.29, 0.717) is 11.9 Å². The van der Waals surface area contributed by atoms with Crippen molar-refractivity contribution in [1.29, 1.82) is 0 Å². The van der Waals surface area contributed by atoms with Crippen LogP contribution in [0.1, 0.15) is 0 Å². The Balaban J connectivity index is 1.94. The Kier molecular flexibility index (Phi) is 3.46. The highest BCUT2D eigenvalue weighted by molar-refractivity contribution is 14.1. The van der Waals surface area contributed by atoms with Crippen LogP contribution in [0.3, 0.4) is 0 Å². The zero-order valence-corrected chi connectivity index (χ0v) is 12.4. The van der Waals surface area contributed by atoms with Gasteiger partial charge in [0.15, 0.2) is 0 Å². The summed E-state index contributed by atoms with van der Waals surface area (Å²) in [6, 6.07) is 9.64. The molecule has 0 unspecified atom stereocenters. The lowest BCUT2D eigenvalue weighted by molar-refractivity contribution is 0.801. The monoisotopic (exact) mass is 379 g/mol. The van der Waals surface area contributed by atoms with Gasteiger partial charge >= 0.3 is 0 Å². The van der Waals surface area contributed by atoms with E-state index < -0.39 is 0 Å². The van der Waals surface area contributed by atoms with E-state index in [1.807, 2.05) is 24.3 Å². The molecule has 0 aliphatic rings. The van der Waals surface area contributed by atoms with Crippen molar-refractivity contribution in [3.05, 3.63) is 46.3 Å². The molecule has 3 rings (SSSR count). The molecule has 8 heteroatoms. The third-order valence-electron chi connectivity index (χ3n) is 2.43. The van der Waals surface area contributed by atoms with Crippen LogP contribution in [0, 0.1) is 3.57 Å². The molecular weight excluding hydrogens is 369 g/mol. The first-order valence-corrected chi connectivity index (χ1v) is 6.83. The largest absolute Gasteiger partial charge is 0.368 e. The van der Waals surface area contributed by atoms with Crippen LogP contribution in [0.15, 0.2) is 42.7 Å². The van der Waals surface area contributed by atoms with E-state index in [-0.39, 0.29) is 5.95 Å². The highest BCUT2D eigenvalue weighted by atomic mass is 127. The summed E-state index contributed by atoms with van der Waals surface area (Å²) in [6.07, 6.45) is 3.39. The number of nitrogens with one attached hydrogen (secondary N) is 1. The van der Waals surface area contributed by atoms with E-state index in [2.05, 4.69) is 48.0 Å².